The van der Waals surface area contributed by atoms with E-state index in [1.54, 1.807) is 6.33 Å². The third kappa shape index (κ3) is 3.18. The summed E-state index contributed by atoms with van der Waals surface area (Å²) in [7, 11) is 2.02. The lowest BCUT2D eigenvalue weighted by atomic mass is 9.98. The molecule has 2 heterocycles. The van der Waals surface area contributed by atoms with Crippen LogP contribution in [0.2, 0.25) is 0 Å². The highest BCUT2D eigenvalue weighted by Gasteiger charge is 2.23. The monoisotopic (exact) mass is 361 g/mol. The predicted molar refractivity (Wildman–Crippen MR) is 108 cm³/mol. The molecule has 0 aliphatic carbocycles. The van der Waals surface area contributed by atoms with E-state index >= 15 is 0 Å². The van der Waals surface area contributed by atoms with Crippen LogP contribution in [-0.2, 0) is 0 Å². The van der Waals surface area contributed by atoms with Gasteiger partial charge in [-0.05, 0) is 38.1 Å². The average Bonchev–Trinajstić information content (AvgIpc) is 3.15. The first-order valence-electron chi connectivity index (χ1n) is 9.19. The highest BCUT2D eigenvalue weighted by Crippen LogP contribution is 2.34. The number of Topliss-reactive ketones (excluding diaryl/α,β-unsaturated/α-hetero) is 1. The molecule has 0 fully saturated rings. The van der Waals surface area contributed by atoms with Crippen LogP contribution in [0.25, 0.3) is 11.4 Å². The zero-order chi connectivity index (χ0) is 19.0. The summed E-state index contributed by atoms with van der Waals surface area (Å²) in [4.78, 5) is 14.7. The molecule has 6 nitrogen and oxygen atoms in total. The van der Waals surface area contributed by atoms with E-state index in [0.29, 0.717) is 6.42 Å². The van der Waals surface area contributed by atoms with E-state index in [2.05, 4.69) is 34.3 Å². The topological polar surface area (TPSA) is 63.1 Å². The third-order valence-electron chi connectivity index (χ3n) is 4.94. The lowest BCUT2D eigenvalue weighted by molar-refractivity contribution is 0.0981. The number of hydrogen-bond acceptors (Lipinski definition) is 5. The maximum Gasteiger partial charge on any atom is 0.168 e. The van der Waals surface area contributed by atoms with Crippen LogP contribution in [0, 0.1) is 0 Å². The fourth-order valence-electron chi connectivity index (χ4n) is 3.49. The number of nitrogens with zero attached hydrogens (tertiary/aromatic N) is 4. The normalized spacial score (nSPS) is 13.8. The summed E-state index contributed by atoms with van der Waals surface area (Å²) in [5.74, 6) is 1.02. The van der Waals surface area contributed by atoms with E-state index in [-0.39, 0.29) is 11.8 Å². The van der Waals surface area contributed by atoms with E-state index in [9.17, 15) is 4.79 Å². The Kier molecular flexibility index (Phi) is 4.39. The molecule has 0 saturated carbocycles. The van der Waals surface area contributed by atoms with Crippen molar-refractivity contribution in [1.82, 2.24) is 14.8 Å². The zero-order valence-corrected chi connectivity index (χ0v) is 15.8. The summed E-state index contributed by atoms with van der Waals surface area (Å²) in [5, 5.41) is 11.8. The van der Waals surface area contributed by atoms with Gasteiger partial charge in [0.05, 0.1) is 11.3 Å². The van der Waals surface area contributed by atoms with Gasteiger partial charge in [-0.2, -0.15) is 0 Å². The van der Waals surface area contributed by atoms with Gasteiger partial charge in [-0.25, -0.2) is 0 Å². The van der Waals surface area contributed by atoms with Crippen molar-refractivity contribution in [3.05, 3.63) is 54.4 Å². The molecule has 0 amide bonds. The molecular formula is C21H23N5O. The van der Waals surface area contributed by atoms with Gasteiger partial charge in [0.2, 0.25) is 0 Å². The van der Waals surface area contributed by atoms with Crippen LogP contribution in [0.3, 0.4) is 0 Å². The van der Waals surface area contributed by atoms with Crippen molar-refractivity contribution < 1.29 is 4.79 Å². The van der Waals surface area contributed by atoms with Crippen LogP contribution in [0.5, 0.6) is 0 Å². The number of nitrogens with one attached hydrogen (secondary N) is 1. The number of rotatable bonds is 4. The number of fused-ring (bicyclic) bond motifs is 1. The third-order valence-corrected chi connectivity index (χ3v) is 4.94. The molecule has 4 rings (SSSR count). The molecule has 27 heavy (non-hydrogen) atoms. The molecule has 138 valence electrons. The second-order valence-electron chi connectivity index (χ2n) is 7.16. The quantitative estimate of drug-likeness (QED) is 0.751. The summed E-state index contributed by atoms with van der Waals surface area (Å²) in [6, 6.07) is 14.3. The van der Waals surface area contributed by atoms with Crippen LogP contribution in [0.4, 0.5) is 17.1 Å². The summed E-state index contributed by atoms with van der Waals surface area (Å²) >= 11 is 0. The second kappa shape index (κ2) is 6.87. The molecule has 0 atom stereocenters. The van der Waals surface area contributed by atoms with E-state index in [1.807, 2.05) is 54.1 Å². The average molecular weight is 361 g/mol. The largest absolute Gasteiger partial charge is 0.373 e. The predicted octanol–water partition coefficient (Wildman–Crippen LogP) is 4.29. The first kappa shape index (κ1) is 17.3. The van der Waals surface area contributed by atoms with Crippen LogP contribution in [0.15, 0.2) is 48.8 Å². The highest BCUT2D eigenvalue weighted by atomic mass is 16.1. The summed E-state index contributed by atoms with van der Waals surface area (Å²) in [5.41, 5.74) is 4.49. The van der Waals surface area contributed by atoms with E-state index < -0.39 is 0 Å². The Morgan fingerprint density at radius 2 is 1.96 bits per heavy atom. The van der Waals surface area contributed by atoms with Crippen molar-refractivity contribution in [2.45, 2.75) is 26.3 Å². The molecule has 6 heteroatoms. The maximum absolute atomic E-state index is 12.5. The van der Waals surface area contributed by atoms with Crippen molar-refractivity contribution in [3.63, 3.8) is 0 Å². The highest BCUT2D eigenvalue weighted by molar-refractivity contribution is 6.08. The van der Waals surface area contributed by atoms with Crippen LogP contribution in [0.1, 0.15) is 36.7 Å². The van der Waals surface area contributed by atoms with Crippen LogP contribution < -0.4 is 10.2 Å². The Hall–Kier alpha value is -3.15. The molecule has 1 aliphatic heterocycles. The molecule has 1 aliphatic rings. The Morgan fingerprint density at radius 1 is 1.15 bits per heavy atom. The van der Waals surface area contributed by atoms with Crippen molar-refractivity contribution in [1.29, 1.82) is 0 Å². The minimum Gasteiger partial charge on any atom is -0.373 e. The number of benzene rings is 2. The Bertz CT molecular complexity index is 992. The number of carbonyl (C=O) groups excluding carboxylic acids is 1. The molecule has 0 saturated heterocycles. The number of carbonyl (C=O) groups is 1. The lowest BCUT2D eigenvalue weighted by Crippen LogP contribution is -2.28. The summed E-state index contributed by atoms with van der Waals surface area (Å²) in [6.07, 6.45) is 2.29. The number of hydrogen-bond donors (Lipinski definition) is 1. The first-order valence-corrected chi connectivity index (χ1v) is 9.19. The van der Waals surface area contributed by atoms with Crippen molar-refractivity contribution in [2.75, 3.05) is 23.8 Å². The number of aromatic nitrogens is 3. The van der Waals surface area contributed by atoms with Gasteiger partial charge in [0, 0.05) is 43.0 Å². The molecule has 2 aromatic carbocycles. The van der Waals surface area contributed by atoms with Gasteiger partial charge in [0.15, 0.2) is 11.6 Å². The van der Waals surface area contributed by atoms with Gasteiger partial charge in [0.25, 0.3) is 0 Å². The van der Waals surface area contributed by atoms with Gasteiger partial charge in [-0.3, -0.25) is 4.79 Å². The molecule has 0 bridgehead atoms. The minimum absolute atomic E-state index is 0.182. The molecule has 3 aromatic rings. The Morgan fingerprint density at radius 3 is 2.78 bits per heavy atom. The van der Waals surface area contributed by atoms with Gasteiger partial charge in [-0.1, -0.05) is 18.2 Å². The van der Waals surface area contributed by atoms with Gasteiger partial charge in [0.1, 0.15) is 6.33 Å². The summed E-state index contributed by atoms with van der Waals surface area (Å²) < 4.78 is 2.04. The van der Waals surface area contributed by atoms with Crippen molar-refractivity contribution in [2.24, 2.45) is 0 Å². The molecule has 0 spiro atoms. The molecular weight excluding hydrogens is 338 g/mol. The van der Waals surface area contributed by atoms with Gasteiger partial charge < -0.3 is 14.8 Å². The fourth-order valence-corrected chi connectivity index (χ4v) is 3.49. The molecule has 0 unspecified atom stereocenters. The van der Waals surface area contributed by atoms with Gasteiger partial charge in [-0.15, -0.1) is 10.2 Å². The number of anilines is 3. The second-order valence-corrected chi connectivity index (χ2v) is 7.16. The van der Waals surface area contributed by atoms with Gasteiger partial charge >= 0.3 is 0 Å². The minimum atomic E-state index is 0.182. The Labute approximate surface area is 158 Å². The van der Waals surface area contributed by atoms with E-state index in [1.165, 1.54) is 0 Å². The molecule has 0 radical (unpaired) electrons. The van der Waals surface area contributed by atoms with Crippen molar-refractivity contribution in [3.8, 4) is 11.4 Å². The molecule has 1 N–H and O–H groups in total. The zero-order valence-electron chi connectivity index (χ0n) is 15.8. The molecule has 1 aromatic heterocycles. The van der Waals surface area contributed by atoms with Crippen molar-refractivity contribution >= 4 is 22.8 Å². The smallest absolute Gasteiger partial charge is 0.168 e. The lowest BCUT2D eigenvalue weighted by Gasteiger charge is -2.28. The fraction of sp³-hybridized carbons (Fsp3) is 0.286. The SMILES string of the molecule is CC(C)n1cnnc1-c1cccc(Nc2cccc3c2C(=O)CCN3C)c1. The summed E-state index contributed by atoms with van der Waals surface area (Å²) in [6.45, 7) is 4.97. The van der Waals surface area contributed by atoms with E-state index in [4.69, 9.17) is 0 Å². The maximum atomic E-state index is 12.5. The number of ketones is 1. The standard InChI is InChI=1S/C21H23N5O/c1-14(2)26-13-22-24-21(26)15-6-4-7-16(12-15)23-17-8-5-9-18-20(17)19(27)10-11-25(18)3/h4-9,12-14,23H,10-11H2,1-3H3. The first-order chi connectivity index (χ1) is 13.0. The Balaban J connectivity index is 1.70. The van der Waals surface area contributed by atoms with Crippen LogP contribution in [-0.4, -0.2) is 34.1 Å². The van der Waals surface area contributed by atoms with E-state index in [0.717, 1.165) is 40.6 Å². The van der Waals surface area contributed by atoms with Crippen LogP contribution >= 0.6 is 0 Å².